The van der Waals surface area contributed by atoms with Gasteiger partial charge in [-0.25, -0.2) is 9.67 Å². The van der Waals surface area contributed by atoms with E-state index < -0.39 is 0 Å². The number of fused-ring (bicyclic) bond motifs is 1. The summed E-state index contributed by atoms with van der Waals surface area (Å²) < 4.78 is 9.00. The van der Waals surface area contributed by atoms with Crippen LogP contribution in [0.15, 0.2) is 96.2 Å². The highest BCUT2D eigenvalue weighted by Gasteiger charge is 2.14. The third-order valence-corrected chi connectivity index (χ3v) is 5.81. The highest BCUT2D eigenvalue weighted by molar-refractivity contribution is 6.30. The maximum atomic E-state index is 12.9. The third kappa shape index (κ3) is 5.13. The molecule has 5 rings (SSSR count). The van der Waals surface area contributed by atoms with Gasteiger partial charge in [-0.05, 0) is 42.0 Å². The summed E-state index contributed by atoms with van der Waals surface area (Å²) in [5, 5.41) is 8.21. The largest absolute Gasteiger partial charge is 0.457 e. The van der Waals surface area contributed by atoms with Gasteiger partial charge in [0.25, 0.3) is 11.5 Å². The number of hydrogen-bond acceptors (Lipinski definition) is 5. The van der Waals surface area contributed by atoms with E-state index in [1.54, 1.807) is 28.9 Å². The lowest BCUT2D eigenvalue weighted by Gasteiger charge is -2.11. The standard InChI is InChI=1S/C27H22ClN5O3/c28-20-8-6-7-19(15-20)17-32-18-30-25-23(27(32)35)16-31-33(25)14-13-29-26(34)22-11-4-5-12-24(22)36-21-9-2-1-3-10-21/h1-12,15-16,18H,13-14,17H2,(H,29,34). The van der Waals surface area contributed by atoms with Crippen LogP contribution in [-0.4, -0.2) is 31.8 Å². The highest BCUT2D eigenvalue weighted by Crippen LogP contribution is 2.25. The van der Waals surface area contributed by atoms with Gasteiger partial charge in [0.1, 0.15) is 23.2 Å². The molecule has 0 aliphatic rings. The average Bonchev–Trinajstić information content (AvgIpc) is 3.30. The molecule has 8 nitrogen and oxygen atoms in total. The van der Waals surface area contributed by atoms with Crippen molar-refractivity contribution < 1.29 is 9.53 Å². The minimum absolute atomic E-state index is 0.192. The van der Waals surface area contributed by atoms with E-state index in [1.807, 2.05) is 54.6 Å². The first-order valence-corrected chi connectivity index (χ1v) is 11.7. The number of amides is 1. The molecule has 1 N–H and O–H groups in total. The molecule has 5 aromatic rings. The Labute approximate surface area is 211 Å². The normalized spacial score (nSPS) is 10.9. The first-order valence-electron chi connectivity index (χ1n) is 11.3. The van der Waals surface area contributed by atoms with Gasteiger partial charge >= 0.3 is 0 Å². The molecule has 0 fully saturated rings. The lowest BCUT2D eigenvalue weighted by molar-refractivity contribution is 0.0949. The minimum atomic E-state index is -0.269. The summed E-state index contributed by atoms with van der Waals surface area (Å²) in [7, 11) is 0. The van der Waals surface area contributed by atoms with E-state index in [4.69, 9.17) is 16.3 Å². The van der Waals surface area contributed by atoms with Crippen LogP contribution in [-0.2, 0) is 13.1 Å². The summed E-state index contributed by atoms with van der Waals surface area (Å²) in [5.74, 6) is 0.843. The van der Waals surface area contributed by atoms with Gasteiger partial charge in [-0.1, -0.05) is 54.1 Å². The zero-order valence-corrected chi connectivity index (χ0v) is 19.9. The molecule has 0 spiro atoms. The van der Waals surface area contributed by atoms with Crippen LogP contribution in [0.4, 0.5) is 0 Å². The number of carbonyl (C=O) groups is 1. The molecule has 0 unspecified atom stereocenters. The number of nitrogens with zero attached hydrogens (tertiary/aromatic N) is 4. The van der Waals surface area contributed by atoms with Crippen molar-refractivity contribution in [1.29, 1.82) is 0 Å². The first-order chi connectivity index (χ1) is 17.6. The van der Waals surface area contributed by atoms with Gasteiger partial charge in [0.05, 0.1) is 24.8 Å². The molecule has 0 aliphatic heterocycles. The van der Waals surface area contributed by atoms with Crippen LogP contribution in [0.1, 0.15) is 15.9 Å². The Kier molecular flexibility index (Phi) is 6.77. The van der Waals surface area contributed by atoms with Crippen LogP contribution in [0.5, 0.6) is 11.5 Å². The number of hydrogen-bond donors (Lipinski definition) is 1. The van der Waals surface area contributed by atoms with E-state index in [2.05, 4.69) is 15.4 Å². The predicted octanol–water partition coefficient (Wildman–Crippen LogP) is 4.52. The second-order valence-electron chi connectivity index (χ2n) is 8.08. The molecular weight excluding hydrogens is 478 g/mol. The quantitative estimate of drug-likeness (QED) is 0.339. The monoisotopic (exact) mass is 499 g/mol. The lowest BCUT2D eigenvalue weighted by atomic mass is 10.2. The van der Waals surface area contributed by atoms with Crippen molar-refractivity contribution >= 4 is 28.5 Å². The summed E-state index contributed by atoms with van der Waals surface area (Å²) in [4.78, 5) is 30.2. The van der Waals surface area contributed by atoms with E-state index in [-0.39, 0.29) is 11.5 Å². The molecule has 1 amide bonds. The molecule has 0 atom stereocenters. The Hall–Kier alpha value is -4.43. The van der Waals surface area contributed by atoms with Crippen LogP contribution in [0.2, 0.25) is 5.02 Å². The summed E-state index contributed by atoms with van der Waals surface area (Å²) in [6.07, 6.45) is 3.00. The predicted molar refractivity (Wildman–Crippen MR) is 138 cm³/mol. The smallest absolute Gasteiger partial charge is 0.264 e. The summed E-state index contributed by atoms with van der Waals surface area (Å²) in [6.45, 7) is 0.998. The Morgan fingerprint density at radius 2 is 1.81 bits per heavy atom. The zero-order valence-electron chi connectivity index (χ0n) is 19.2. The van der Waals surface area contributed by atoms with Gasteiger partial charge in [0.2, 0.25) is 0 Å². The number of carbonyl (C=O) groups excluding carboxylic acids is 1. The second-order valence-corrected chi connectivity index (χ2v) is 8.52. The maximum Gasteiger partial charge on any atom is 0.264 e. The summed E-state index contributed by atoms with van der Waals surface area (Å²) >= 11 is 6.05. The van der Waals surface area contributed by atoms with E-state index in [1.165, 1.54) is 17.1 Å². The van der Waals surface area contributed by atoms with Gasteiger partial charge in [-0.3, -0.25) is 14.2 Å². The fourth-order valence-corrected chi connectivity index (χ4v) is 4.05. The highest BCUT2D eigenvalue weighted by atomic mass is 35.5. The fourth-order valence-electron chi connectivity index (χ4n) is 3.84. The molecule has 36 heavy (non-hydrogen) atoms. The van der Waals surface area contributed by atoms with Crippen molar-refractivity contribution in [2.75, 3.05) is 6.54 Å². The molecule has 2 aromatic heterocycles. The van der Waals surface area contributed by atoms with Crippen LogP contribution in [0, 0.1) is 0 Å². The molecule has 180 valence electrons. The van der Waals surface area contributed by atoms with Crippen molar-refractivity contribution in [3.63, 3.8) is 0 Å². The summed E-state index contributed by atoms with van der Waals surface area (Å²) in [5.41, 5.74) is 1.60. The van der Waals surface area contributed by atoms with Gasteiger partial charge in [0.15, 0.2) is 5.65 Å². The molecule has 0 saturated carbocycles. The van der Waals surface area contributed by atoms with Crippen molar-refractivity contribution in [1.82, 2.24) is 24.6 Å². The van der Waals surface area contributed by atoms with Gasteiger partial charge in [0, 0.05) is 11.6 Å². The molecule has 0 saturated heterocycles. The number of halogens is 1. The first kappa shape index (κ1) is 23.3. The molecule has 0 bridgehead atoms. The number of para-hydroxylation sites is 2. The Morgan fingerprint density at radius 1 is 1.00 bits per heavy atom. The van der Waals surface area contributed by atoms with Crippen molar-refractivity contribution in [3.05, 3.63) is 118 Å². The van der Waals surface area contributed by atoms with Gasteiger partial charge in [-0.15, -0.1) is 0 Å². The van der Waals surface area contributed by atoms with Crippen LogP contribution in [0.25, 0.3) is 11.0 Å². The van der Waals surface area contributed by atoms with E-state index >= 15 is 0 Å². The summed E-state index contributed by atoms with van der Waals surface area (Å²) in [6, 6.07) is 23.7. The molecule has 9 heteroatoms. The number of ether oxygens (including phenoxy) is 1. The molecule has 3 aromatic carbocycles. The Bertz CT molecular complexity index is 1580. The van der Waals surface area contributed by atoms with Crippen LogP contribution < -0.4 is 15.6 Å². The second kappa shape index (κ2) is 10.5. The van der Waals surface area contributed by atoms with Crippen LogP contribution >= 0.6 is 11.6 Å². The molecule has 2 heterocycles. The van der Waals surface area contributed by atoms with Crippen molar-refractivity contribution in [3.8, 4) is 11.5 Å². The van der Waals surface area contributed by atoms with E-state index in [9.17, 15) is 9.59 Å². The van der Waals surface area contributed by atoms with Crippen molar-refractivity contribution in [2.45, 2.75) is 13.1 Å². The third-order valence-electron chi connectivity index (χ3n) is 5.58. The number of nitrogens with one attached hydrogen (secondary N) is 1. The molecular formula is C27H22ClN5O3. The van der Waals surface area contributed by atoms with E-state index in [0.29, 0.717) is 52.8 Å². The van der Waals surface area contributed by atoms with Crippen LogP contribution in [0.3, 0.4) is 0 Å². The van der Waals surface area contributed by atoms with Crippen molar-refractivity contribution in [2.24, 2.45) is 0 Å². The number of benzene rings is 3. The Balaban J connectivity index is 1.26. The molecule has 0 radical (unpaired) electrons. The Morgan fingerprint density at radius 3 is 2.64 bits per heavy atom. The number of aromatic nitrogens is 4. The maximum absolute atomic E-state index is 12.9. The SMILES string of the molecule is O=C(NCCn1ncc2c(=O)n(Cc3cccc(Cl)c3)cnc21)c1ccccc1Oc1ccccc1. The lowest BCUT2D eigenvalue weighted by Crippen LogP contribution is -2.28. The molecule has 0 aliphatic carbocycles. The number of rotatable bonds is 8. The van der Waals surface area contributed by atoms with Gasteiger partial charge < -0.3 is 10.1 Å². The van der Waals surface area contributed by atoms with Gasteiger partial charge in [-0.2, -0.15) is 5.10 Å². The minimum Gasteiger partial charge on any atom is -0.457 e. The van der Waals surface area contributed by atoms with E-state index in [0.717, 1.165) is 5.56 Å². The zero-order chi connectivity index (χ0) is 24.9. The average molecular weight is 500 g/mol. The fraction of sp³-hybridized carbons (Fsp3) is 0.111. The topological polar surface area (TPSA) is 91.0 Å².